The highest BCUT2D eigenvalue weighted by atomic mass is 16.5. The third kappa shape index (κ3) is 6.28. The lowest BCUT2D eigenvalue weighted by Gasteiger charge is -2.19. The monoisotopic (exact) mass is 353 g/mol. The summed E-state index contributed by atoms with van der Waals surface area (Å²) in [5, 5.41) is 12.7. The molecule has 4 heteroatoms. The van der Waals surface area contributed by atoms with Gasteiger partial charge >= 0.3 is 6.09 Å². The van der Waals surface area contributed by atoms with E-state index >= 15 is 0 Å². The number of hydrogen-bond acceptors (Lipinski definition) is 3. The maximum atomic E-state index is 11.7. The summed E-state index contributed by atoms with van der Waals surface area (Å²) >= 11 is 0. The number of ether oxygens (including phenoxy) is 1. The van der Waals surface area contributed by atoms with Crippen LogP contribution in [-0.2, 0) is 16.8 Å². The minimum atomic E-state index is -0.431. The molecule has 138 valence electrons. The van der Waals surface area contributed by atoms with Gasteiger partial charge in [0, 0.05) is 12.1 Å². The van der Waals surface area contributed by atoms with Crippen molar-refractivity contribution in [3.8, 4) is 5.75 Å². The second-order valence-electron chi connectivity index (χ2n) is 7.20. The molecule has 26 heavy (non-hydrogen) atoms. The first-order chi connectivity index (χ1) is 12.4. The molecule has 0 unspecified atom stereocenters. The molecule has 0 aliphatic carbocycles. The number of aromatic hydroxyl groups is 1. The van der Waals surface area contributed by atoms with Crippen LogP contribution in [0, 0.1) is 0 Å². The summed E-state index contributed by atoms with van der Waals surface area (Å²) in [6, 6.07) is 15.2. The fourth-order valence-corrected chi connectivity index (χ4v) is 2.40. The first kappa shape index (κ1) is 19.6. The van der Waals surface area contributed by atoms with Gasteiger partial charge in [-0.15, -0.1) is 0 Å². The van der Waals surface area contributed by atoms with Gasteiger partial charge in [-0.1, -0.05) is 69.3 Å². The summed E-state index contributed by atoms with van der Waals surface area (Å²) in [6.45, 7) is 7.15. The van der Waals surface area contributed by atoms with Gasteiger partial charge in [-0.25, -0.2) is 4.79 Å². The zero-order valence-corrected chi connectivity index (χ0v) is 15.7. The van der Waals surface area contributed by atoms with Gasteiger partial charge in [0.2, 0.25) is 0 Å². The van der Waals surface area contributed by atoms with Gasteiger partial charge in [-0.2, -0.15) is 0 Å². The lowest BCUT2D eigenvalue weighted by Crippen LogP contribution is -2.24. The Bertz CT molecular complexity index is 746. The lowest BCUT2D eigenvalue weighted by atomic mass is 9.86. The number of carbonyl (C=O) groups excluding carboxylic acids is 1. The van der Waals surface area contributed by atoms with Crippen molar-refractivity contribution in [3.63, 3.8) is 0 Å². The fraction of sp³-hybridized carbons (Fsp3) is 0.318. The molecule has 0 aliphatic rings. The van der Waals surface area contributed by atoms with Crippen LogP contribution in [0.15, 0.2) is 54.6 Å². The average molecular weight is 353 g/mol. The standard InChI is InChI=1S/C22H27NO3/c1-22(2,3)19-12-13-20(24)18(15-19)11-7-8-14-23-21(25)26-16-17-9-5-4-6-10-17/h4-7,9-13,15,24H,8,14,16H2,1-3H3,(H,23,25). The van der Waals surface area contributed by atoms with Crippen LogP contribution in [0.2, 0.25) is 0 Å². The second-order valence-corrected chi connectivity index (χ2v) is 7.20. The number of phenols is 1. The van der Waals surface area contributed by atoms with Crippen LogP contribution in [0.4, 0.5) is 4.79 Å². The number of rotatable bonds is 6. The number of nitrogens with one attached hydrogen (secondary N) is 1. The van der Waals surface area contributed by atoms with Crippen LogP contribution in [-0.4, -0.2) is 17.7 Å². The van der Waals surface area contributed by atoms with Crippen molar-refractivity contribution in [2.24, 2.45) is 0 Å². The van der Waals surface area contributed by atoms with E-state index in [9.17, 15) is 9.90 Å². The van der Waals surface area contributed by atoms with Gasteiger partial charge in [-0.3, -0.25) is 0 Å². The van der Waals surface area contributed by atoms with Crippen molar-refractivity contribution >= 4 is 12.2 Å². The Morgan fingerprint density at radius 2 is 1.88 bits per heavy atom. The van der Waals surface area contributed by atoms with Gasteiger partial charge < -0.3 is 15.2 Å². The first-order valence-electron chi connectivity index (χ1n) is 8.81. The second kappa shape index (κ2) is 9.09. The van der Waals surface area contributed by atoms with Gasteiger partial charge in [0.15, 0.2) is 0 Å². The van der Waals surface area contributed by atoms with E-state index in [-0.39, 0.29) is 17.8 Å². The van der Waals surface area contributed by atoms with Crippen molar-refractivity contribution < 1.29 is 14.6 Å². The van der Waals surface area contributed by atoms with Crippen LogP contribution < -0.4 is 5.32 Å². The number of benzene rings is 2. The van der Waals surface area contributed by atoms with E-state index in [1.807, 2.05) is 54.6 Å². The van der Waals surface area contributed by atoms with Crippen LogP contribution in [0.5, 0.6) is 5.75 Å². The molecule has 0 bridgehead atoms. The molecule has 2 aromatic rings. The summed E-state index contributed by atoms with van der Waals surface area (Å²) < 4.78 is 5.15. The van der Waals surface area contributed by atoms with E-state index in [0.29, 0.717) is 13.0 Å². The molecule has 0 radical (unpaired) electrons. The van der Waals surface area contributed by atoms with E-state index < -0.39 is 6.09 Å². The Balaban J connectivity index is 1.76. The number of amides is 1. The molecule has 0 saturated heterocycles. The van der Waals surface area contributed by atoms with E-state index in [1.165, 1.54) is 0 Å². The van der Waals surface area contributed by atoms with Gasteiger partial charge in [0.1, 0.15) is 12.4 Å². The molecule has 0 aliphatic heterocycles. The zero-order valence-electron chi connectivity index (χ0n) is 15.7. The summed E-state index contributed by atoms with van der Waals surface area (Å²) in [5.41, 5.74) is 2.93. The van der Waals surface area contributed by atoms with E-state index in [4.69, 9.17) is 4.74 Å². The van der Waals surface area contributed by atoms with Crippen molar-refractivity contribution in [2.75, 3.05) is 6.54 Å². The molecule has 0 aromatic heterocycles. The minimum Gasteiger partial charge on any atom is -0.507 e. The Morgan fingerprint density at radius 3 is 2.58 bits per heavy atom. The highest BCUT2D eigenvalue weighted by Gasteiger charge is 2.14. The van der Waals surface area contributed by atoms with Crippen molar-refractivity contribution in [1.29, 1.82) is 0 Å². The third-order valence-corrected chi connectivity index (χ3v) is 3.98. The van der Waals surface area contributed by atoms with Gasteiger partial charge in [-0.05, 0) is 35.1 Å². The number of phenolic OH excluding ortho intramolecular Hbond substituents is 1. The minimum absolute atomic E-state index is 0.0281. The molecule has 0 fully saturated rings. The highest BCUT2D eigenvalue weighted by Crippen LogP contribution is 2.28. The molecule has 1 amide bonds. The number of carbonyl (C=O) groups is 1. The maximum Gasteiger partial charge on any atom is 0.407 e. The van der Waals surface area contributed by atoms with Crippen molar-refractivity contribution in [2.45, 2.75) is 39.2 Å². The van der Waals surface area contributed by atoms with E-state index in [2.05, 4.69) is 26.1 Å². The van der Waals surface area contributed by atoms with Crippen LogP contribution in [0.25, 0.3) is 6.08 Å². The van der Waals surface area contributed by atoms with Crippen molar-refractivity contribution in [3.05, 3.63) is 71.3 Å². The first-order valence-corrected chi connectivity index (χ1v) is 8.81. The van der Waals surface area contributed by atoms with Gasteiger partial charge in [0.05, 0.1) is 0 Å². The van der Waals surface area contributed by atoms with Gasteiger partial charge in [0.25, 0.3) is 0 Å². The molecule has 4 nitrogen and oxygen atoms in total. The van der Waals surface area contributed by atoms with E-state index in [0.717, 1.165) is 16.7 Å². The Hall–Kier alpha value is -2.75. The van der Waals surface area contributed by atoms with Crippen molar-refractivity contribution in [1.82, 2.24) is 5.32 Å². The third-order valence-electron chi connectivity index (χ3n) is 3.98. The normalized spacial score (nSPS) is 11.5. The summed E-state index contributed by atoms with van der Waals surface area (Å²) in [5.74, 6) is 0.254. The molecule has 0 heterocycles. The Morgan fingerprint density at radius 1 is 1.15 bits per heavy atom. The fourth-order valence-electron chi connectivity index (χ4n) is 2.40. The predicted octanol–water partition coefficient (Wildman–Crippen LogP) is 5.02. The lowest BCUT2D eigenvalue weighted by molar-refractivity contribution is 0.140. The largest absolute Gasteiger partial charge is 0.507 e. The Kier molecular flexibility index (Phi) is 6.84. The molecule has 0 spiro atoms. The highest BCUT2D eigenvalue weighted by molar-refractivity contribution is 5.67. The summed E-state index contributed by atoms with van der Waals surface area (Å²) in [7, 11) is 0. The summed E-state index contributed by atoms with van der Waals surface area (Å²) in [6.07, 6.45) is 4.03. The number of hydrogen-bond donors (Lipinski definition) is 2. The molecule has 0 atom stereocenters. The van der Waals surface area contributed by atoms with Crippen LogP contribution >= 0.6 is 0 Å². The average Bonchev–Trinajstić information content (AvgIpc) is 2.61. The maximum absolute atomic E-state index is 11.7. The quantitative estimate of drug-likeness (QED) is 0.717. The molecular formula is C22H27NO3. The summed E-state index contributed by atoms with van der Waals surface area (Å²) in [4.78, 5) is 11.7. The smallest absolute Gasteiger partial charge is 0.407 e. The molecule has 2 N–H and O–H groups in total. The molecule has 2 rings (SSSR count). The van der Waals surface area contributed by atoms with Crippen LogP contribution in [0.3, 0.4) is 0 Å². The molecule has 2 aromatic carbocycles. The Labute approximate surface area is 155 Å². The molecule has 0 saturated carbocycles. The number of alkyl carbamates (subject to hydrolysis) is 1. The van der Waals surface area contributed by atoms with Crippen LogP contribution in [0.1, 0.15) is 43.9 Å². The zero-order chi connectivity index (χ0) is 19.0. The predicted molar refractivity (Wildman–Crippen MR) is 105 cm³/mol. The van der Waals surface area contributed by atoms with E-state index in [1.54, 1.807) is 6.07 Å². The topological polar surface area (TPSA) is 58.6 Å². The molecular weight excluding hydrogens is 326 g/mol. The SMILES string of the molecule is CC(C)(C)c1ccc(O)c(C=CCCNC(=O)OCc2ccccc2)c1.